The van der Waals surface area contributed by atoms with Gasteiger partial charge in [0.15, 0.2) is 0 Å². The first kappa shape index (κ1) is 14.5. The van der Waals surface area contributed by atoms with Crippen LogP contribution in [0.1, 0.15) is 43.0 Å². The van der Waals surface area contributed by atoms with Crippen LogP contribution in [-0.4, -0.2) is 22.3 Å². The quantitative estimate of drug-likeness (QED) is 0.690. The Morgan fingerprint density at radius 1 is 1.40 bits per heavy atom. The lowest BCUT2D eigenvalue weighted by molar-refractivity contribution is 0.0165. The first-order valence-corrected chi connectivity index (χ1v) is 9.12. The number of nitrogens with zero attached hydrogens (tertiary/aromatic N) is 2. The highest BCUT2D eigenvalue weighted by Gasteiger charge is 2.21. The van der Waals surface area contributed by atoms with Crippen LogP contribution in [0.3, 0.4) is 0 Å². The van der Waals surface area contributed by atoms with Crippen molar-refractivity contribution in [3.8, 4) is 0 Å². The third kappa shape index (κ3) is 3.43. The van der Waals surface area contributed by atoms with E-state index in [9.17, 15) is 0 Å². The lowest BCUT2D eigenvalue weighted by Crippen LogP contribution is -2.23. The number of halogens is 1. The molecule has 1 fully saturated rings. The van der Waals surface area contributed by atoms with Crippen LogP contribution in [0.4, 0.5) is 0 Å². The van der Waals surface area contributed by atoms with E-state index in [0.29, 0.717) is 6.10 Å². The minimum Gasteiger partial charge on any atom is -0.376 e. The average Bonchev–Trinajstić information content (AvgIpc) is 3.13. The molecule has 0 saturated heterocycles. The minimum absolute atomic E-state index is 0.256. The van der Waals surface area contributed by atoms with Gasteiger partial charge in [-0.2, -0.15) is 0 Å². The van der Waals surface area contributed by atoms with Crippen LogP contribution < -0.4 is 0 Å². The molecule has 5 heteroatoms. The summed E-state index contributed by atoms with van der Waals surface area (Å²) in [4.78, 5) is 5.56. The second-order valence-electron chi connectivity index (χ2n) is 5.25. The van der Waals surface area contributed by atoms with Crippen LogP contribution in [0.15, 0.2) is 30.2 Å². The predicted octanol–water partition coefficient (Wildman–Crippen LogP) is 4.49. The van der Waals surface area contributed by atoms with E-state index in [4.69, 9.17) is 4.74 Å². The molecule has 1 saturated carbocycles. The average molecular weight is 402 g/mol. The Morgan fingerprint density at radius 3 is 2.90 bits per heavy atom. The maximum atomic E-state index is 6.20. The molecular weight excluding hydrogens is 383 g/mol. The van der Waals surface area contributed by atoms with Crippen molar-refractivity contribution in [3.05, 3.63) is 38.6 Å². The fourth-order valence-electron chi connectivity index (χ4n) is 2.75. The maximum Gasteiger partial charge on any atom is 0.0952 e. The van der Waals surface area contributed by atoms with Gasteiger partial charge in [-0.05, 0) is 46.9 Å². The smallest absolute Gasteiger partial charge is 0.0952 e. The summed E-state index contributed by atoms with van der Waals surface area (Å²) in [5, 5.41) is 2.15. The zero-order chi connectivity index (χ0) is 13.8. The van der Waals surface area contributed by atoms with Crippen molar-refractivity contribution in [2.75, 3.05) is 6.61 Å². The minimum atomic E-state index is 0.256. The molecule has 0 bridgehead atoms. The van der Waals surface area contributed by atoms with E-state index < -0.39 is 0 Å². The molecule has 0 aliphatic heterocycles. The molecule has 2 aromatic rings. The van der Waals surface area contributed by atoms with Crippen molar-refractivity contribution in [1.82, 2.24) is 9.55 Å². The van der Waals surface area contributed by atoms with Crippen molar-refractivity contribution in [3.63, 3.8) is 0 Å². The maximum absolute atomic E-state index is 6.20. The fraction of sp³-hybridized carbons (Fsp3) is 0.533. The number of hydrogen-bond acceptors (Lipinski definition) is 3. The molecule has 2 heterocycles. The highest BCUT2D eigenvalue weighted by atomic mass is 127. The molecule has 1 atom stereocenters. The molecule has 0 N–H and O–H groups in total. The van der Waals surface area contributed by atoms with Crippen molar-refractivity contribution in [2.24, 2.45) is 0 Å². The molecule has 1 aliphatic rings. The molecule has 0 amide bonds. The van der Waals surface area contributed by atoms with Crippen molar-refractivity contribution in [1.29, 1.82) is 0 Å². The molecule has 1 aliphatic carbocycles. The number of hydrogen-bond donors (Lipinski definition) is 0. The molecular formula is C15H19IN2OS. The van der Waals surface area contributed by atoms with E-state index in [2.05, 4.69) is 43.6 Å². The molecule has 1 unspecified atom stereocenters. The van der Waals surface area contributed by atoms with Gasteiger partial charge in [-0.1, -0.05) is 19.3 Å². The predicted molar refractivity (Wildman–Crippen MR) is 90.2 cm³/mol. The summed E-state index contributed by atoms with van der Waals surface area (Å²) in [5.74, 6) is 0. The van der Waals surface area contributed by atoms with Gasteiger partial charge in [0.2, 0.25) is 0 Å². The molecule has 3 rings (SSSR count). The summed E-state index contributed by atoms with van der Waals surface area (Å²) in [7, 11) is 0. The fourth-order valence-corrected chi connectivity index (χ4v) is 4.80. The standard InChI is InChI=1S/C15H19IN2OS/c16-13-6-9-20-15(13)14(18-8-7-17-11-18)10-19-12-4-2-1-3-5-12/h6-9,11-12,14H,1-5,10H2. The second kappa shape index (κ2) is 7.04. The molecule has 0 aromatic carbocycles. The van der Waals surface area contributed by atoms with E-state index in [1.54, 1.807) is 11.3 Å². The van der Waals surface area contributed by atoms with Gasteiger partial charge in [0, 0.05) is 20.8 Å². The summed E-state index contributed by atoms with van der Waals surface area (Å²) < 4.78 is 9.68. The van der Waals surface area contributed by atoms with Crippen LogP contribution in [0.2, 0.25) is 0 Å². The summed E-state index contributed by atoms with van der Waals surface area (Å²) >= 11 is 4.22. The third-order valence-corrected chi connectivity index (χ3v) is 6.20. The molecule has 2 aromatic heterocycles. The van der Waals surface area contributed by atoms with Gasteiger partial charge >= 0.3 is 0 Å². The van der Waals surface area contributed by atoms with E-state index >= 15 is 0 Å². The van der Waals surface area contributed by atoms with Gasteiger partial charge in [-0.3, -0.25) is 0 Å². The monoisotopic (exact) mass is 402 g/mol. The summed E-state index contributed by atoms with van der Waals surface area (Å²) in [6.07, 6.45) is 12.7. The second-order valence-corrected chi connectivity index (χ2v) is 7.36. The van der Waals surface area contributed by atoms with E-state index in [1.165, 1.54) is 40.6 Å². The Morgan fingerprint density at radius 2 is 2.25 bits per heavy atom. The third-order valence-electron chi connectivity index (χ3n) is 3.87. The van der Waals surface area contributed by atoms with Crippen LogP contribution in [-0.2, 0) is 4.74 Å². The van der Waals surface area contributed by atoms with Crippen LogP contribution in [0, 0.1) is 3.57 Å². The number of rotatable bonds is 5. The van der Waals surface area contributed by atoms with Gasteiger partial charge in [-0.15, -0.1) is 11.3 Å². The largest absolute Gasteiger partial charge is 0.376 e. The van der Waals surface area contributed by atoms with Gasteiger partial charge in [-0.25, -0.2) is 4.98 Å². The zero-order valence-electron chi connectivity index (χ0n) is 11.4. The lowest BCUT2D eigenvalue weighted by Gasteiger charge is -2.25. The van der Waals surface area contributed by atoms with Gasteiger partial charge < -0.3 is 9.30 Å². The summed E-state index contributed by atoms with van der Waals surface area (Å²) in [5.41, 5.74) is 0. The Bertz CT molecular complexity index is 520. The Hall–Kier alpha value is -0.400. The number of ether oxygens (including phenoxy) is 1. The molecule has 0 radical (unpaired) electrons. The Balaban J connectivity index is 1.71. The SMILES string of the molecule is Ic1ccsc1C(COC1CCCCC1)n1ccnc1. The van der Waals surface area contributed by atoms with Crippen LogP contribution in [0.25, 0.3) is 0 Å². The van der Waals surface area contributed by atoms with Crippen molar-refractivity contribution < 1.29 is 4.74 Å². The van der Waals surface area contributed by atoms with Crippen LogP contribution in [0.5, 0.6) is 0 Å². The first-order valence-electron chi connectivity index (χ1n) is 7.16. The zero-order valence-corrected chi connectivity index (χ0v) is 14.3. The van der Waals surface area contributed by atoms with Gasteiger partial charge in [0.25, 0.3) is 0 Å². The normalized spacial score (nSPS) is 18.2. The van der Waals surface area contributed by atoms with E-state index in [0.717, 1.165) is 6.61 Å². The molecule has 20 heavy (non-hydrogen) atoms. The van der Waals surface area contributed by atoms with Crippen molar-refractivity contribution >= 4 is 33.9 Å². The highest BCUT2D eigenvalue weighted by Crippen LogP contribution is 2.30. The number of thiophene rings is 1. The first-order chi connectivity index (χ1) is 9.84. The lowest BCUT2D eigenvalue weighted by atomic mass is 9.98. The molecule has 108 valence electrons. The topological polar surface area (TPSA) is 27.1 Å². The Kier molecular flexibility index (Phi) is 5.12. The van der Waals surface area contributed by atoms with Crippen LogP contribution >= 0.6 is 33.9 Å². The van der Waals surface area contributed by atoms with Gasteiger partial charge in [0.1, 0.15) is 0 Å². The summed E-state index contributed by atoms with van der Waals surface area (Å²) in [6.45, 7) is 0.748. The summed E-state index contributed by atoms with van der Waals surface area (Å²) in [6, 6.07) is 2.43. The Labute approximate surface area is 137 Å². The molecule has 0 spiro atoms. The van der Waals surface area contributed by atoms with Gasteiger partial charge in [0.05, 0.1) is 25.1 Å². The van der Waals surface area contributed by atoms with E-state index in [-0.39, 0.29) is 6.04 Å². The van der Waals surface area contributed by atoms with E-state index in [1.807, 2.05) is 18.7 Å². The molecule has 3 nitrogen and oxygen atoms in total. The van der Waals surface area contributed by atoms with Crippen molar-refractivity contribution in [2.45, 2.75) is 44.2 Å². The highest BCUT2D eigenvalue weighted by molar-refractivity contribution is 14.1. The number of aromatic nitrogens is 2. The number of imidazole rings is 1.